The molecule has 9 heteroatoms. The third-order valence-electron chi connectivity index (χ3n) is 5.02. The van der Waals surface area contributed by atoms with Gasteiger partial charge in [0.2, 0.25) is 0 Å². The number of nitrogens with zero attached hydrogens (tertiary/aromatic N) is 1. The van der Waals surface area contributed by atoms with Crippen LogP contribution in [0.5, 0.6) is 0 Å². The topological polar surface area (TPSA) is 51.9 Å². The molecule has 1 fully saturated rings. The molecule has 160 valence electrons. The van der Waals surface area contributed by atoms with Crippen LogP contribution in [0.15, 0.2) is 40.9 Å². The number of methoxy groups -OCH3 is 1. The van der Waals surface area contributed by atoms with E-state index >= 15 is 0 Å². The molecule has 3 rings (SSSR count). The molecule has 1 atom stereocenters. The molecule has 1 aromatic rings. The summed E-state index contributed by atoms with van der Waals surface area (Å²) in [5, 5.41) is 2.89. The summed E-state index contributed by atoms with van der Waals surface area (Å²) in [6, 6.07) is 2.22. The average molecular weight is 424 g/mol. The average Bonchev–Trinajstić information content (AvgIpc) is 3.50. The highest BCUT2D eigenvalue weighted by Gasteiger charge is 2.42. The maximum absolute atomic E-state index is 13.7. The molecule has 0 saturated heterocycles. The van der Waals surface area contributed by atoms with E-state index in [1.54, 1.807) is 0 Å². The van der Waals surface area contributed by atoms with Crippen LogP contribution in [0.3, 0.4) is 0 Å². The lowest BCUT2D eigenvalue weighted by Gasteiger charge is -2.31. The summed E-state index contributed by atoms with van der Waals surface area (Å²) in [6.45, 7) is 9.10. The van der Waals surface area contributed by atoms with Gasteiger partial charge in [-0.2, -0.15) is 13.2 Å². The lowest BCUT2D eigenvalue weighted by atomic mass is 9.81. The van der Waals surface area contributed by atoms with Gasteiger partial charge in [0.25, 0.3) is 0 Å². The Kier molecular flexibility index (Phi) is 6.17. The molecule has 0 amide bonds. The van der Waals surface area contributed by atoms with E-state index in [2.05, 4.69) is 10.2 Å². The zero-order valence-corrected chi connectivity index (χ0v) is 16.4. The number of carbonyl (C=O) groups excluding carboxylic acids is 1. The molecule has 1 aromatic carbocycles. The van der Waals surface area contributed by atoms with Gasteiger partial charge < -0.3 is 14.8 Å². The zero-order chi connectivity index (χ0) is 22.1. The van der Waals surface area contributed by atoms with Crippen molar-refractivity contribution in [2.24, 2.45) is 5.92 Å². The first kappa shape index (κ1) is 21.8. The molecule has 1 saturated carbocycles. The van der Waals surface area contributed by atoms with Crippen molar-refractivity contribution in [3.05, 3.63) is 69.2 Å². The predicted molar refractivity (Wildman–Crippen MR) is 99.2 cm³/mol. The summed E-state index contributed by atoms with van der Waals surface area (Å²) in [7, 11) is 1.37. The number of benzene rings is 1. The Morgan fingerprint density at radius 3 is 2.60 bits per heavy atom. The standard InChI is InChI=1S/C21H20F4N2O3/c1-11-19(26-2)17(14-7-6-13(22)8-15(14)21(23,24)25)18(16(27-11)10-29-3)20(28)30-9-12-4-5-12/h6-8,12,17,27H,4-5,9-10H2,1,3H3. The SMILES string of the molecule is [C-]#[N+]C1=C(C)NC(COC)=C(C(=O)OCC2CC2)C1c1ccc(F)cc1C(F)(F)F. The first-order valence-corrected chi connectivity index (χ1v) is 9.28. The molecule has 0 radical (unpaired) electrons. The van der Waals surface area contributed by atoms with Crippen molar-refractivity contribution in [1.82, 2.24) is 5.32 Å². The van der Waals surface area contributed by atoms with Gasteiger partial charge in [-0.3, -0.25) is 0 Å². The van der Waals surface area contributed by atoms with Crippen molar-refractivity contribution < 1.29 is 31.8 Å². The predicted octanol–water partition coefficient (Wildman–Crippen LogP) is 4.54. The molecule has 30 heavy (non-hydrogen) atoms. The number of hydrogen-bond acceptors (Lipinski definition) is 4. The second-order valence-corrected chi connectivity index (χ2v) is 7.28. The van der Waals surface area contributed by atoms with Gasteiger partial charge >= 0.3 is 12.1 Å². The van der Waals surface area contributed by atoms with E-state index in [9.17, 15) is 22.4 Å². The van der Waals surface area contributed by atoms with E-state index in [1.165, 1.54) is 14.0 Å². The summed E-state index contributed by atoms with van der Waals surface area (Å²) < 4.78 is 65.2. The molecule has 0 spiro atoms. The van der Waals surface area contributed by atoms with E-state index in [0.29, 0.717) is 11.8 Å². The number of nitrogens with one attached hydrogen (secondary N) is 1. The monoisotopic (exact) mass is 424 g/mol. The number of hydrogen-bond donors (Lipinski definition) is 1. The summed E-state index contributed by atoms with van der Waals surface area (Å²) in [5.74, 6) is -3.01. The van der Waals surface area contributed by atoms with Crippen molar-refractivity contribution in [1.29, 1.82) is 0 Å². The molecule has 2 aliphatic rings. The Morgan fingerprint density at radius 2 is 2.03 bits per heavy atom. The van der Waals surface area contributed by atoms with E-state index in [1.807, 2.05) is 0 Å². The Morgan fingerprint density at radius 1 is 1.33 bits per heavy atom. The van der Waals surface area contributed by atoms with Crippen molar-refractivity contribution in [3.63, 3.8) is 0 Å². The Labute approximate surface area is 171 Å². The second-order valence-electron chi connectivity index (χ2n) is 7.28. The van der Waals surface area contributed by atoms with Crippen molar-refractivity contribution in [2.45, 2.75) is 31.9 Å². The van der Waals surface area contributed by atoms with Crippen LogP contribution in [-0.2, 0) is 20.4 Å². The molecule has 1 N–H and O–H groups in total. The van der Waals surface area contributed by atoms with Gasteiger partial charge in [0, 0.05) is 12.8 Å². The normalized spacial score (nSPS) is 19.4. The molecule has 1 unspecified atom stereocenters. The number of halogens is 4. The lowest BCUT2D eigenvalue weighted by molar-refractivity contribution is -0.141. The van der Waals surface area contributed by atoms with Gasteiger partial charge in [0.15, 0.2) is 5.70 Å². The highest BCUT2D eigenvalue weighted by Crippen LogP contribution is 2.45. The fraction of sp³-hybridized carbons (Fsp3) is 0.429. The molecule has 5 nitrogen and oxygen atoms in total. The fourth-order valence-electron chi connectivity index (χ4n) is 3.42. The van der Waals surface area contributed by atoms with Crippen LogP contribution in [0, 0.1) is 18.3 Å². The fourth-order valence-corrected chi connectivity index (χ4v) is 3.42. The van der Waals surface area contributed by atoms with E-state index < -0.39 is 29.4 Å². The molecular weight excluding hydrogens is 404 g/mol. The van der Waals surface area contributed by atoms with Crippen LogP contribution in [0.4, 0.5) is 17.6 Å². The number of dihydropyridines is 1. The lowest BCUT2D eigenvalue weighted by Crippen LogP contribution is -2.32. The maximum atomic E-state index is 13.7. The smallest absolute Gasteiger partial charge is 0.416 e. The van der Waals surface area contributed by atoms with Gasteiger partial charge in [0.05, 0.1) is 42.5 Å². The van der Waals surface area contributed by atoms with Gasteiger partial charge in [-0.25, -0.2) is 14.0 Å². The number of alkyl halides is 3. The third kappa shape index (κ3) is 4.49. The minimum atomic E-state index is -4.88. The molecule has 1 aliphatic heterocycles. The van der Waals surface area contributed by atoms with Crippen LogP contribution in [0.1, 0.15) is 36.8 Å². The molecule has 0 bridgehead atoms. The van der Waals surface area contributed by atoms with Gasteiger partial charge in [0.1, 0.15) is 5.82 Å². The molecular formula is C21H20F4N2O3. The van der Waals surface area contributed by atoms with E-state index in [-0.39, 0.29) is 41.7 Å². The maximum Gasteiger partial charge on any atom is 0.416 e. The molecule has 1 aliphatic carbocycles. The number of esters is 1. The van der Waals surface area contributed by atoms with Gasteiger partial charge in [-0.05, 0) is 43.4 Å². The van der Waals surface area contributed by atoms with Crippen LogP contribution in [-0.4, -0.2) is 26.3 Å². The largest absolute Gasteiger partial charge is 0.462 e. The van der Waals surface area contributed by atoms with Crippen molar-refractivity contribution in [2.75, 3.05) is 20.3 Å². The minimum absolute atomic E-state index is 0.0923. The van der Waals surface area contributed by atoms with Gasteiger partial charge in [-0.15, -0.1) is 0 Å². The van der Waals surface area contributed by atoms with Crippen LogP contribution in [0.25, 0.3) is 4.85 Å². The summed E-state index contributed by atoms with van der Waals surface area (Å²) >= 11 is 0. The highest BCUT2D eigenvalue weighted by molar-refractivity contribution is 5.93. The van der Waals surface area contributed by atoms with Crippen molar-refractivity contribution >= 4 is 5.97 Å². The second kappa shape index (κ2) is 8.48. The Balaban J connectivity index is 2.18. The summed E-state index contributed by atoms with van der Waals surface area (Å²) in [5.41, 5.74) is -1.35. The molecule has 1 heterocycles. The molecule has 0 aromatic heterocycles. The quantitative estimate of drug-likeness (QED) is 0.414. The first-order valence-electron chi connectivity index (χ1n) is 9.28. The minimum Gasteiger partial charge on any atom is -0.462 e. The third-order valence-corrected chi connectivity index (χ3v) is 5.02. The van der Waals surface area contributed by atoms with Crippen molar-refractivity contribution in [3.8, 4) is 0 Å². The first-order chi connectivity index (χ1) is 14.2. The van der Waals surface area contributed by atoms with Crippen LogP contribution >= 0.6 is 0 Å². The van der Waals surface area contributed by atoms with Crippen LogP contribution in [0.2, 0.25) is 0 Å². The zero-order valence-electron chi connectivity index (χ0n) is 16.4. The number of ether oxygens (including phenoxy) is 2. The summed E-state index contributed by atoms with van der Waals surface area (Å²) in [4.78, 5) is 16.3. The van der Waals surface area contributed by atoms with Crippen LogP contribution < -0.4 is 5.32 Å². The Bertz CT molecular complexity index is 956. The van der Waals surface area contributed by atoms with E-state index in [0.717, 1.165) is 25.0 Å². The Hall–Kier alpha value is -2.86. The highest BCUT2D eigenvalue weighted by atomic mass is 19.4. The summed E-state index contributed by atoms with van der Waals surface area (Å²) in [6.07, 6.45) is -3.04. The van der Waals surface area contributed by atoms with E-state index in [4.69, 9.17) is 16.0 Å². The number of carbonyl (C=O) groups is 1. The number of rotatable bonds is 6. The number of allylic oxidation sites excluding steroid dienone is 2. The van der Waals surface area contributed by atoms with Gasteiger partial charge in [-0.1, -0.05) is 6.07 Å².